The molecule has 0 saturated carbocycles. The average molecular weight is 885 g/mol. The number of thiazole rings is 1. The number of β-amino-alcohol motifs (C(OH)–C–C–N with tert-alkyl or cyclic N) is 1. The normalized spacial score (nSPS) is 17.7. The van der Waals surface area contributed by atoms with Crippen LogP contribution in [0, 0.1) is 19.8 Å². The first-order chi connectivity index (χ1) is 30.4. The van der Waals surface area contributed by atoms with E-state index in [4.69, 9.17) is 14.5 Å². The zero-order valence-electron chi connectivity index (χ0n) is 35.6. The van der Waals surface area contributed by atoms with Crippen LogP contribution < -0.4 is 15.1 Å². The largest absolute Gasteiger partial charge is 0.507 e. The fraction of sp³-hybridized carbons (Fsp3) is 0.348. The molecule has 0 spiro atoms. The first-order valence-corrected chi connectivity index (χ1v) is 22.8. The topological polar surface area (TPSA) is 187 Å². The van der Waals surface area contributed by atoms with Gasteiger partial charge in [0.15, 0.2) is 11.6 Å². The van der Waals surface area contributed by atoms with Gasteiger partial charge in [0.25, 0.3) is 0 Å². The van der Waals surface area contributed by atoms with Gasteiger partial charge in [-0.1, -0.05) is 55.4 Å². The van der Waals surface area contributed by atoms with Crippen molar-refractivity contribution in [3.05, 3.63) is 101 Å². The maximum Gasteiger partial charge on any atom is 0.243 e. The van der Waals surface area contributed by atoms with Crippen LogP contribution in [0.2, 0.25) is 0 Å². The number of phenols is 1. The van der Waals surface area contributed by atoms with E-state index in [0.717, 1.165) is 47.9 Å². The number of carbonyl (C=O) groups excluding carboxylic acids is 2. The number of anilines is 2. The predicted molar refractivity (Wildman–Crippen MR) is 244 cm³/mol. The highest BCUT2D eigenvalue weighted by Crippen LogP contribution is 2.39. The molecule has 7 heterocycles. The van der Waals surface area contributed by atoms with Crippen LogP contribution in [0.5, 0.6) is 5.75 Å². The van der Waals surface area contributed by atoms with Gasteiger partial charge in [0.05, 0.1) is 33.9 Å². The van der Waals surface area contributed by atoms with Crippen molar-refractivity contribution < 1.29 is 24.3 Å². The summed E-state index contributed by atoms with van der Waals surface area (Å²) in [6.45, 7) is 12.5. The van der Waals surface area contributed by atoms with E-state index in [2.05, 4.69) is 35.5 Å². The lowest BCUT2D eigenvalue weighted by molar-refractivity contribution is -0.141. The summed E-state index contributed by atoms with van der Waals surface area (Å²) in [6.07, 6.45) is 3.01. The highest BCUT2D eigenvalue weighted by molar-refractivity contribution is 7.22. The standard InChI is InChI=1S/C46H48N10O5S2/c1-25(2)40(45(60)56-23-32(57)18-36(56)43(59)50-27(4)29-10-12-30(13-11-29)42-28(5)49-24-62-42)38-20-39(53-61-38)54-14-16-55(17-15-54)46-47-21-31(22-48-46)41-26(3)34-19-35(51-52-44(34)63-41)33-8-6-7-9-37(33)58/h6-13,19-22,24-25,27,32,36,40,57-58H,14-18,23H2,1-5H3,(H,50,59)/t27-,32+,36-,40?/m0/s1. The molecular formula is C46H48N10O5S2. The lowest BCUT2D eigenvalue weighted by Crippen LogP contribution is -2.48. The maximum absolute atomic E-state index is 14.3. The molecule has 0 aliphatic carbocycles. The first-order valence-electron chi connectivity index (χ1n) is 21.1. The molecule has 2 fully saturated rings. The number of aliphatic hydroxyl groups excluding tert-OH is 1. The van der Waals surface area contributed by atoms with Gasteiger partial charge in [-0.2, -0.15) is 0 Å². The van der Waals surface area contributed by atoms with Crippen molar-refractivity contribution in [3.8, 4) is 37.9 Å². The van der Waals surface area contributed by atoms with Crippen molar-refractivity contribution in [1.29, 1.82) is 0 Å². The van der Waals surface area contributed by atoms with Gasteiger partial charge in [-0.15, -0.1) is 32.9 Å². The van der Waals surface area contributed by atoms with Gasteiger partial charge >= 0.3 is 0 Å². The molecule has 2 amide bonds. The summed E-state index contributed by atoms with van der Waals surface area (Å²) in [4.78, 5) is 50.6. The second-order valence-electron chi connectivity index (χ2n) is 16.6. The van der Waals surface area contributed by atoms with Crippen molar-refractivity contribution in [2.45, 2.75) is 65.1 Å². The number of nitrogens with zero attached hydrogens (tertiary/aromatic N) is 9. The second kappa shape index (κ2) is 17.5. The third kappa shape index (κ3) is 8.35. The average Bonchev–Trinajstić information content (AvgIpc) is 4.11. The van der Waals surface area contributed by atoms with Gasteiger partial charge < -0.3 is 34.8 Å². The first kappa shape index (κ1) is 42.0. The number of aliphatic hydroxyl groups is 1. The lowest BCUT2D eigenvalue weighted by Gasteiger charge is -2.34. The second-order valence-corrected chi connectivity index (χ2v) is 18.4. The number of likely N-dealkylation sites (tertiary alicyclic amines) is 1. The number of fused-ring (bicyclic) bond motifs is 1. The van der Waals surface area contributed by atoms with Gasteiger partial charge in [-0.25, -0.2) is 15.0 Å². The molecule has 2 aliphatic rings. The molecule has 2 aromatic carbocycles. The van der Waals surface area contributed by atoms with Crippen LogP contribution in [-0.2, 0) is 9.59 Å². The number of hydrogen-bond acceptors (Lipinski definition) is 15. The molecule has 9 rings (SSSR count). The summed E-state index contributed by atoms with van der Waals surface area (Å²) >= 11 is 3.13. The Morgan fingerprint density at radius 3 is 2.32 bits per heavy atom. The van der Waals surface area contributed by atoms with Gasteiger partial charge in [0, 0.05) is 79.0 Å². The number of benzene rings is 2. The van der Waals surface area contributed by atoms with E-state index in [1.54, 1.807) is 23.5 Å². The molecular weight excluding hydrogens is 837 g/mol. The van der Waals surface area contributed by atoms with Crippen molar-refractivity contribution >= 4 is 56.5 Å². The number of phenolic OH excluding ortho intramolecular Hbond substituents is 1. The number of amides is 2. The number of hydrogen-bond donors (Lipinski definition) is 3. The fourth-order valence-electron chi connectivity index (χ4n) is 8.54. The third-order valence-electron chi connectivity index (χ3n) is 12.1. The van der Waals surface area contributed by atoms with Gasteiger partial charge in [0.1, 0.15) is 22.5 Å². The Bertz CT molecular complexity index is 2760. The van der Waals surface area contributed by atoms with E-state index >= 15 is 0 Å². The maximum atomic E-state index is 14.3. The van der Waals surface area contributed by atoms with Crippen LogP contribution in [0.25, 0.3) is 42.4 Å². The molecule has 4 atom stereocenters. The van der Waals surface area contributed by atoms with Gasteiger partial charge in [0.2, 0.25) is 17.8 Å². The van der Waals surface area contributed by atoms with Crippen molar-refractivity contribution in [2.75, 3.05) is 42.5 Å². The Labute approximate surface area is 372 Å². The molecule has 0 bridgehead atoms. The summed E-state index contributed by atoms with van der Waals surface area (Å²) in [6, 6.07) is 17.8. The molecule has 5 aromatic heterocycles. The summed E-state index contributed by atoms with van der Waals surface area (Å²) in [5.74, 6) is 0.401. The predicted octanol–water partition coefficient (Wildman–Crippen LogP) is 7.15. The Hall–Kier alpha value is -6.30. The fourth-order valence-corrected chi connectivity index (χ4v) is 10.4. The van der Waals surface area contributed by atoms with Crippen molar-refractivity contribution in [3.63, 3.8) is 0 Å². The van der Waals surface area contributed by atoms with E-state index < -0.39 is 18.1 Å². The number of aromatic nitrogens is 6. The number of nitrogens with one attached hydrogen (secondary N) is 1. The summed E-state index contributed by atoms with van der Waals surface area (Å²) < 4.78 is 5.88. The van der Waals surface area contributed by atoms with E-state index in [1.807, 2.05) is 101 Å². The third-order valence-corrected chi connectivity index (χ3v) is 14.3. The summed E-state index contributed by atoms with van der Waals surface area (Å²) in [5.41, 5.74) is 7.99. The number of aromatic hydroxyl groups is 1. The Balaban J connectivity index is 0.825. The minimum Gasteiger partial charge on any atom is -0.507 e. The molecule has 2 saturated heterocycles. The van der Waals surface area contributed by atoms with E-state index in [-0.39, 0.29) is 42.5 Å². The molecule has 324 valence electrons. The number of carbonyl (C=O) groups is 2. The zero-order valence-corrected chi connectivity index (χ0v) is 37.2. The molecule has 15 nitrogen and oxygen atoms in total. The highest BCUT2D eigenvalue weighted by Gasteiger charge is 2.43. The van der Waals surface area contributed by atoms with Crippen LogP contribution in [0.1, 0.15) is 61.7 Å². The van der Waals surface area contributed by atoms with Crippen LogP contribution in [-0.4, -0.2) is 102 Å². The quantitative estimate of drug-likeness (QED) is 0.119. The molecule has 17 heteroatoms. The number of thiophene rings is 1. The zero-order chi connectivity index (χ0) is 43.9. The Morgan fingerprint density at radius 1 is 0.889 bits per heavy atom. The van der Waals surface area contributed by atoms with E-state index in [1.165, 1.54) is 16.2 Å². The number of piperazine rings is 1. The SMILES string of the molecule is Cc1ncsc1-c1ccc([C@H](C)NC(=O)[C@@H]2C[C@@H](O)CN2C(=O)C(c2cc(N3CCN(c4ncc(-c5sc6nnc(-c7ccccc7O)cc6c5C)cn4)CC3)no2)C(C)C)cc1. The summed E-state index contributed by atoms with van der Waals surface area (Å²) in [7, 11) is 0. The Morgan fingerprint density at radius 2 is 1.62 bits per heavy atom. The Kier molecular flexibility index (Phi) is 11.6. The van der Waals surface area contributed by atoms with E-state index in [9.17, 15) is 19.8 Å². The molecule has 63 heavy (non-hydrogen) atoms. The minimum absolute atomic E-state index is 0.0590. The molecule has 3 N–H and O–H groups in total. The highest BCUT2D eigenvalue weighted by atomic mass is 32.1. The lowest BCUT2D eigenvalue weighted by atomic mass is 9.91. The smallest absolute Gasteiger partial charge is 0.243 e. The number of para-hydroxylation sites is 1. The van der Waals surface area contributed by atoms with Crippen LogP contribution in [0.4, 0.5) is 11.8 Å². The van der Waals surface area contributed by atoms with Crippen LogP contribution in [0.15, 0.2) is 83.1 Å². The van der Waals surface area contributed by atoms with Crippen molar-refractivity contribution in [2.24, 2.45) is 5.92 Å². The van der Waals surface area contributed by atoms with Gasteiger partial charge in [-0.05, 0) is 61.6 Å². The molecule has 7 aromatic rings. The van der Waals surface area contributed by atoms with E-state index in [0.29, 0.717) is 55.0 Å². The monoisotopic (exact) mass is 884 g/mol. The summed E-state index contributed by atoms with van der Waals surface area (Å²) in [5, 5.41) is 38.4. The molecule has 0 radical (unpaired) electrons. The van der Waals surface area contributed by atoms with Crippen molar-refractivity contribution in [1.82, 2.24) is 40.5 Å². The van der Waals surface area contributed by atoms with Crippen LogP contribution in [0.3, 0.4) is 0 Å². The molecule has 1 unspecified atom stereocenters. The number of rotatable bonds is 11. The van der Waals surface area contributed by atoms with Gasteiger partial charge in [-0.3, -0.25) is 9.59 Å². The minimum atomic E-state index is -0.824. The molecule has 2 aliphatic heterocycles. The van der Waals surface area contributed by atoms with Crippen LogP contribution >= 0.6 is 22.7 Å². The number of aryl methyl sites for hydroxylation is 2.